The van der Waals surface area contributed by atoms with Crippen LogP contribution in [0.1, 0.15) is 18.9 Å². The largest absolute Gasteiger partial charge is 0.440 e. The number of hydrogen-bond acceptors (Lipinski definition) is 3. The number of rotatable bonds is 4. The molecule has 1 aliphatic rings. The normalized spacial score (nSPS) is 29.8. The van der Waals surface area contributed by atoms with Crippen LogP contribution in [0.15, 0.2) is 42.7 Å². The first-order valence-electron chi connectivity index (χ1n) is 6.19. The Morgan fingerprint density at radius 3 is 2.58 bits per heavy atom. The van der Waals surface area contributed by atoms with Crippen LogP contribution < -0.4 is 0 Å². The van der Waals surface area contributed by atoms with E-state index in [9.17, 15) is 0 Å². The molecule has 0 radical (unpaired) electrons. The van der Waals surface area contributed by atoms with Crippen LogP contribution in [0, 0.1) is 12.3 Å². The molecule has 3 heteroatoms. The van der Waals surface area contributed by atoms with Crippen LogP contribution in [0.3, 0.4) is 0 Å². The summed E-state index contributed by atoms with van der Waals surface area (Å²) in [7, 11) is 1.51. The molecule has 0 spiro atoms. The molecule has 0 saturated carbocycles. The summed E-state index contributed by atoms with van der Waals surface area (Å²) >= 11 is 0. The molecule has 0 aliphatic carbocycles. The third-order valence-corrected chi connectivity index (χ3v) is 3.33. The molecule has 1 aliphatic heterocycles. The van der Waals surface area contributed by atoms with Gasteiger partial charge in [-0.05, 0) is 18.4 Å². The van der Waals surface area contributed by atoms with Gasteiger partial charge in [0.1, 0.15) is 5.76 Å². The van der Waals surface area contributed by atoms with Gasteiger partial charge in [0.05, 0.1) is 0 Å². The number of methoxy groups -OCH3 is 1. The molecule has 1 fully saturated rings. The van der Waals surface area contributed by atoms with Crippen LogP contribution in [0.25, 0.3) is 0 Å². The number of aryl methyl sites for hydroxylation is 1. The van der Waals surface area contributed by atoms with Gasteiger partial charge >= 0.3 is 5.97 Å². The predicted octanol–water partition coefficient (Wildman–Crippen LogP) is 2.87. The molecule has 2 atom stereocenters. The van der Waals surface area contributed by atoms with Crippen molar-refractivity contribution in [3.05, 3.63) is 48.2 Å². The molecule has 19 heavy (non-hydrogen) atoms. The van der Waals surface area contributed by atoms with Gasteiger partial charge in [-0.3, -0.25) is 4.74 Å². The maximum absolute atomic E-state index is 5.79. The van der Waals surface area contributed by atoms with Crippen LogP contribution in [0.2, 0.25) is 0 Å². The molecule has 1 aromatic rings. The fraction of sp³-hybridized carbons (Fsp3) is 0.375. The molecule has 3 nitrogen and oxygen atoms in total. The summed E-state index contributed by atoms with van der Waals surface area (Å²) in [5, 5.41) is 0. The number of terminal acetylenes is 1. The average molecular weight is 258 g/mol. The second-order valence-electron chi connectivity index (χ2n) is 4.65. The minimum Gasteiger partial charge on any atom is -0.440 e. The van der Waals surface area contributed by atoms with Crippen LogP contribution >= 0.6 is 0 Å². The van der Waals surface area contributed by atoms with Crippen molar-refractivity contribution in [2.75, 3.05) is 7.11 Å². The molecule has 1 heterocycles. The fourth-order valence-electron chi connectivity index (χ4n) is 2.12. The quantitative estimate of drug-likeness (QED) is 0.777. The number of hydrogen-bond donors (Lipinski definition) is 0. The lowest BCUT2D eigenvalue weighted by molar-refractivity contribution is -0.315. The highest BCUT2D eigenvalue weighted by Gasteiger charge is 2.51. The molecular formula is C16H18O3. The van der Waals surface area contributed by atoms with Gasteiger partial charge in [-0.1, -0.05) is 42.8 Å². The lowest BCUT2D eigenvalue weighted by Crippen LogP contribution is -2.35. The lowest BCUT2D eigenvalue weighted by Gasteiger charge is -2.23. The van der Waals surface area contributed by atoms with E-state index in [1.807, 2.05) is 18.2 Å². The average Bonchev–Trinajstić information content (AvgIpc) is 2.70. The molecule has 0 bridgehead atoms. The van der Waals surface area contributed by atoms with Gasteiger partial charge in [0.25, 0.3) is 0 Å². The van der Waals surface area contributed by atoms with Crippen molar-refractivity contribution in [2.45, 2.75) is 31.3 Å². The van der Waals surface area contributed by atoms with Crippen molar-refractivity contribution in [1.29, 1.82) is 0 Å². The molecule has 2 rings (SSSR count). The minimum atomic E-state index is -1.15. The zero-order chi connectivity index (χ0) is 13.9. The molecule has 1 saturated heterocycles. The van der Waals surface area contributed by atoms with Crippen molar-refractivity contribution < 1.29 is 14.2 Å². The number of ether oxygens (including phenoxy) is 3. The van der Waals surface area contributed by atoms with Crippen LogP contribution in [-0.2, 0) is 20.6 Å². The summed E-state index contributed by atoms with van der Waals surface area (Å²) in [4.78, 5) is 0. The van der Waals surface area contributed by atoms with E-state index in [-0.39, 0.29) is 0 Å². The van der Waals surface area contributed by atoms with E-state index in [2.05, 4.69) is 24.6 Å². The van der Waals surface area contributed by atoms with Crippen molar-refractivity contribution in [1.82, 2.24) is 0 Å². The first-order chi connectivity index (χ1) is 9.03. The molecule has 2 unspecified atom stereocenters. The highest BCUT2D eigenvalue weighted by Crippen LogP contribution is 2.41. The third-order valence-electron chi connectivity index (χ3n) is 3.33. The van der Waals surface area contributed by atoms with Crippen molar-refractivity contribution in [2.24, 2.45) is 0 Å². The van der Waals surface area contributed by atoms with Crippen LogP contribution in [-0.4, -0.2) is 18.7 Å². The maximum atomic E-state index is 5.79. The van der Waals surface area contributed by atoms with Gasteiger partial charge in [-0.25, -0.2) is 0 Å². The Morgan fingerprint density at radius 1 is 1.37 bits per heavy atom. The van der Waals surface area contributed by atoms with E-state index in [1.54, 1.807) is 6.92 Å². The Labute approximate surface area is 114 Å². The second kappa shape index (κ2) is 5.08. The van der Waals surface area contributed by atoms with E-state index in [0.29, 0.717) is 12.2 Å². The smallest absolute Gasteiger partial charge is 0.325 e. The van der Waals surface area contributed by atoms with E-state index >= 15 is 0 Å². The third kappa shape index (κ3) is 2.65. The Morgan fingerprint density at radius 2 is 2.05 bits per heavy atom. The van der Waals surface area contributed by atoms with E-state index in [0.717, 1.165) is 6.42 Å². The maximum Gasteiger partial charge on any atom is 0.325 e. The van der Waals surface area contributed by atoms with Crippen molar-refractivity contribution in [3.8, 4) is 12.3 Å². The Kier molecular flexibility index (Phi) is 3.66. The molecular weight excluding hydrogens is 240 g/mol. The second-order valence-corrected chi connectivity index (χ2v) is 4.65. The highest BCUT2D eigenvalue weighted by molar-refractivity contribution is 5.28. The molecule has 0 aromatic heterocycles. The molecule has 0 amide bonds. The summed E-state index contributed by atoms with van der Waals surface area (Å²) in [6.07, 6.45) is 7.02. The Hall–Kier alpha value is -1.76. The zero-order valence-corrected chi connectivity index (χ0v) is 11.3. The molecule has 100 valence electrons. The zero-order valence-electron chi connectivity index (χ0n) is 11.3. The van der Waals surface area contributed by atoms with Crippen LogP contribution in [0.4, 0.5) is 0 Å². The first kappa shape index (κ1) is 13.7. The summed E-state index contributed by atoms with van der Waals surface area (Å²) in [6.45, 7) is 5.54. The van der Waals surface area contributed by atoms with Gasteiger partial charge in [-0.2, -0.15) is 0 Å². The van der Waals surface area contributed by atoms with Crippen molar-refractivity contribution in [3.63, 3.8) is 0 Å². The van der Waals surface area contributed by atoms with E-state index in [1.165, 1.54) is 12.7 Å². The van der Waals surface area contributed by atoms with Crippen LogP contribution in [0.5, 0.6) is 0 Å². The molecule has 0 N–H and O–H groups in total. The topological polar surface area (TPSA) is 27.7 Å². The molecule has 1 aromatic carbocycles. The van der Waals surface area contributed by atoms with Gasteiger partial charge in [0, 0.05) is 14.0 Å². The fourth-order valence-corrected chi connectivity index (χ4v) is 2.12. The van der Waals surface area contributed by atoms with E-state index < -0.39 is 11.6 Å². The summed E-state index contributed by atoms with van der Waals surface area (Å²) < 4.78 is 16.5. The van der Waals surface area contributed by atoms with Gasteiger partial charge in [-0.15, -0.1) is 6.42 Å². The number of benzene rings is 1. The SMILES string of the molecule is C#CC1(CCc2ccccc2)OC(C)(OC)OC1=C. The first-order valence-corrected chi connectivity index (χ1v) is 6.19. The van der Waals surface area contributed by atoms with E-state index in [4.69, 9.17) is 20.6 Å². The summed E-state index contributed by atoms with van der Waals surface area (Å²) in [5.74, 6) is 1.93. The monoisotopic (exact) mass is 258 g/mol. The minimum absolute atomic E-state index is 0.426. The standard InChI is InChI=1S/C16H18O3/c1-5-16(12-11-14-9-7-6-8-10-14)13(2)18-15(3,17-4)19-16/h1,6-10H,2,11-12H2,3-4H3. The Balaban J connectivity index is 2.12. The highest BCUT2D eigenvalue weighted by atomic mass is 16.9. The van der Waals surface area contributed by atoms with Gasteiger partial charge in [0.2, 0.25) is 0 Å². The summed E-state index contributed by atoms with van der Waals surface area (Å²) in [6, 6.07) is 10.1. The predicted molar refractivity (Wildman–Crippen MR) is 73.1 cm³/mol. The Bertz CT molecular complexity index is 502. The van der Waals surface area contributed by atoms with Gasteiger partial charge < -0.3 is 9.47 Å². The van der Waals surface area contributed by atoms with Crippen molar-refractivity contribution >= 4 is 0 Å². The van der Waals surface area contributed by atoms with Gasteiger partial charge in [0.15, 0.2) is 5.60 Å². The summed E-state index contributed by atoms with van der Waals surface area (Å²) in [5.41, 5.74) is 0.264. The lowest BCUT2D eigenvalue weighted by atomic mass is 9.94.